The highest BCUT2D eigenvalue weighted by molar-refractivity contribution is 5.92. The lowest BCUT2D eigenvalue weighted by molar-refractivity contribution is -0.151. The number of allylic oxidation sites excluding steroid dienone is 2. The van der Waals surface area contributed by atoms with Crippen molar-refractivity contribution in [3.05, 3.63) is 23.5 Å². The standard InChI is InChI=1S/C14H20N4O3/c1-10(2)4-6-14(13(20)21)5-3-7-18(9-14)12(19)11-8-15-17-16-11/h4,8H,3,5-7,9H2,1-2H3,(H,20,21)(H,15,16,17)/t14-/m0/s1. The number of piperidine rings is 1. The molecule has 1 saturated heterocycles. The summed E-state index contributed by atoms with van der Waals surface area (Å²) >= 11 is 0. The van der Waals surface area contributed by atoms with Gasteiger partial charge in [-0.2, -0.15) is 15.4 Å². The fourth-order valence-electron chi connectivity index (χ4n) is 2.60. The lowest BCUT2D eigenvalue weighted by Gasteiger charge is -2.39. The quantitative estimate of drug-likeness (QED) is 0.819. The molecule has 1 amide bonds. The highest BCUT2D eigenvalue weighted by atomic mass is 16.4. The monoisotopic (exact) mass is 292 g/mol. The Labute approximate surface area is 123 Å². The number of aromatic nitrogens is 3. The number of likely N-dealkylation sites (tertiary alicyclic amines) is 1. The van der Waals surface area contributed by atoms with Crippen LogP contribution in [0.2, 0.25) is 0 Å². The van der Waals surface area contributed by atoms with Crippen LogP contribution in [0.1, 0.15) is 43.6 Å². The zero-order valence-electron chi connectivity index (χ0n) is 12.3. The molecule has 0 spiro atoms. The smallest absolute Gasteiger partial charge is 0.311 e. The maximum absolute atomic E-state index is 12.3. The normalized spacial score (nSPS) is 21.9. The van der Waals surface area contributed by atoms with Crippen LogP contribution in [-0.2, 0) is 4.79 Å². The molecule has 1 aromatic heterocycles. The summed E-state index contributed by atoms with van der Waals surface area (Å²) in [7, 11) is 0. The average Bonchev–Trinajstić information content (AvgIpc) is 2.98. The van der Waals surface area contributed by atoms with E-state index < -0.39 is 11.4 Å². The molecule has 1 aliphatic heterocycles. The van der Waals surface area contributed by atoms with Crippen molar-refractivity contribution in [3.63, 3.8) is 0 Å². The number of carbonyl (C=O) groups is 2. The second-order valence-electron chi connectivity index (χ2n) is 5.76. The SMILES string of the molecule is CC(C)=CC[C@@]1(C(=O)O)CCCN(C(=O)c2cn[nH]n2)C1. The van der Waals surface area contributed by atoms with E-state index in [4.69, 9.17) is 0 Å². The van der Waals surface area contributed by atoms with Gasteiger partial charge in [0.15, 0.2) is 5.69 Å². The van der Waals surface area contributed by atoms with E-state index in [-0.39, 0.29) is 18.1 Å². The summed E-state index contributed by atoms with van der Waals surface area (Å²) in [5.74, 6) is -1.12. The summed E-state index contributed by atoms with van der Waals surface area (Å²) < 4.78 is 0. The van der Waals surface area contributed by atoms with E-state index in [1.165, 1.54) is 6.20 Å². The molecular weight excluding hydrogens is 272 g/mol. The first-order valence-corrected chi connectivity index (χ1v) is 6.96. The Morgan fingerprint density at radius 3 is 2.86 bits per heavy atom. The molecule has 21 heavy (non-hydrogen) atoms. The Morgan fingerprint density at radius 2 is 2.29 bits per heavy atom. The first-order chi connectivity index (χ1) is 9.94. The van der Waals surface area contributed by atoms with Gasteiger partial charge in [0.05, 0.1) is 11.6 Å². The summed E-state index contributed by atoms with van der Waals surface area (Å²) in [4.78, 5) is 25.6. The Balaban J connectivity index is 2.18. The molecule has 0 radical (unpaired) electrons. The third kappa shape index (κ3) is 3.29. The molecule has 0 unspecified atom stereocenters. The third-order valence-corrected chi connectivity index (χ3v) is 3.85. The number of H-pyrrole nitrogens is 1. The number of carbonyl (C=O) groups excluding carboxylic acids is 1. The summed E-state index contributed by atoms with van der Waals surface area (Å²) in [5, 5.41) is 19.4. The van der Waals surface area contributed by atoms with Gasteiger partial charge in [-0.05, 0) is 33.1 Å². The van der Waals surface area contributed by atoms with E-state index >= 15 is 0 Å². The van der Waals surface area contributed by atoms with E-state index in [1.54, 1.807) is 4.90 Å². The number of carboxylic acid groups (broad SMARTS) is 1. The molecule has 1 aromatic rings. The van der Waals surface area contributed by atoms with Gasteiger partial charge in [-0.3, -0.25) is 9.59 Å². The van der Waals surface area contributed by atoms with Crippen LogP contribution in [0.5, 0.6) is 0 Å². The van der Waals surface area contributed by atoms with Crippen molar-refractivity contribution in [2.75, 3.05) is 13.1 Å². The number of hydrogen-bond donors (Lipinski definition) is 2. The number of aromatic amines is 1. The van der Waals surface area contributed by atoms with Crippen LogP contribution >= 0.6 is 0 Å². The summed E-state index contributed by atoms with van der Waals surface area (Å²) in [6.07, 6.45) is 4.97. The van der Waals surface area contributed by atoms with Gasteiger partial charge in [0.2, 0.25) is 0 Å². The molecule has 7 heteroatoms. The molecule has 0 aliphatic carbocycles. The molecule has 1 fully saturated rings. The Hall–Kier alpha value is -2.18. The first kappa shape index (κ1) is 15.2. The van der Waals surface area contributed by atoms with Crippen LogP contribution in [0.15, 0.2) is 17.8 Å². The van der Waals surface area contributed by atoms with Gasteiger partial charge in [-0.1, -0.05) is 11.6 Å². The van der Waals surface area contributed by atoms with Crippen molar-refractivity contribution in [1.82, 2.24) is 20.3 Å². The zero-order valence-corrected chi connectivity index (χ0v) is 12.3. The lowest BCUT2D eigenvalue weighted by atomic mass is 9.76. The predicted octanol–water partition coefficient (Wildman–Crippen LogP) is 1.47. The lowest BCUT2D eigenvalue weighted by Crippen LogP contribution is -2.49. The second kappa shape index (κ2) is 6.07. The minimum atomic E-state index is -0.908. The maximum atomic E-state index is 12.3. The molecule has 114 valence electrons. The Kier molecular flexibility index (Phi) is 4.40. The highest BCUT2D eigenvalue weighted by Crippen LogP contribution is 2.35. The average molecular weight is 292 g/mol. The van der Waals surface area contributed by atoms with Crippen LogP contribution in [0.3, 0.4) is 0 Å². The Bertz CT molecular complexity index is 549. The largest absolute Gasteiger partial charge is 0.481 e. The van der Waals surface area contributed by atoms with Crippen molar-refractivity contribution in [1.29, 1.82) is 0 Å². The van der Waals surface area contributed by atoms with Gasteiger partial charge in [-0.15, -0.1) is 0 Å². The number of rotatable bonds is 4. The number of amides is 1. The number of nitrogens with zero attached hydrogens (tertiary/aromatic N) is 3. The van der Waals surface area contributed by atoms with Gasteiger partial charge in [-0.25, -0.2) is 0 Å². The van der Waals surface area contributed by atoms with Gasteiger partial charge in [0.25, 0.3) is 5.91 Å². The van der Waals surface area contributed by atoms with Gasteiger partial charge in [0, 0.05) is 13.1 Å². The van der Waals surface area contributed by atoms with Crippen LogP contribution in [0.4, 0.5) is 0 Å². The van der Waals surface area contributed by atoms with Crippen LogP contribution in [-0.4, -0.2) is 50.4 Å². The molecule has 1 aliphatic rings. The fourth-order valence-corrected chi connectivity index (χ4v) is 2.60. The summed E-state index contributed by atoms with van der Waals surface area (Å²) in [6, 6.07) is 0. The van der Waals surface area contributed by atoms with E-state index in [0.717, 1.165) is 5.57 Å². The second-order valence-corrected chi connectivity index (χ2v) is 5.76. The van der Waals surface area contributed by atoms with Gasteiger partial charge >= 0.3 is 5.97 Å². The number of aliphatic carboxylic acids is 1. The number of carboxylic acids is 1. The molecule has 0 saturated carbocycles. The van der Waals surface area contributed by atoms with Crippen molar-refractivity contribution in [2.24, 2.45) is 5.41 Å². The first-order valence-electron chi connectivity index (χ1n) is 6.96. The minimum Gasteiger partial charge on any atom is -0.481 e. The van der Waals surface area contributed by atoms with Crippen molar-refractivity contribution in [3.8, 4) is 0 Å². The molecular formula is C14H20N4O3. The predicted molar refractivity (Wildman–Crippen MR) is 75.6 cm³/mol. The van der Waals surface area contributed by atoms with Crippen molar-refractivity contribution in [2.45, 2.75) is 33.1 Å². The fraction of sp³-hybridized carbons (Fsp3) is 0.571. The van der Waals surface area contributed by atoms with E-state index in [2.05, 4.69) is 15.4 Å². The van der Waals surface area contributed by atoms with Crippen LogP contribution < -0.4 is 0 Å². The molecule has 1 atom stereocenters. The van der Waals surface area contributed by atoms with Gasteiger partial charge in [0.1, 0.15) is 0 Å². The van der Waals surface area contributed by atoms with E-state index in [9.17, 15) is 14.7 Å². The summed E-state index contributed by atoms with van der Waals surface area (Å²) in [6.45, 7) is 4.64. The summed E-state index contributed by atoms with van der Waals surface area (Å²) in [5.41, 5.74) is 0.392. The molecule has 0 bridgehead atoms. The van der Waals surface area contributed by atoms with Crippen molar-refractivity contribution < 1.29 is 14.7 Å². The maximum Gasteiger partial charge on any atom is 0.311 e. The van der Waals surface area contributed by atoms with E-state index in [0.29, 0.717) is 25.8 Å². The number of hydrogen-bond acceptors (Lipinski definition) is 4. The van der Waals surface area contributed by atoms with Gasteiger partial charge < -0.3 is 10.0 Å². The van der Waals surface area contributed by atoms with Crippen LogP contribution in [0.25, 0.3) is 0 Å². The zero-order chi connectivity index (χ0) is 15.5. The van der Waals surface area contributed by atoms with Crippen molar-refractivity contribution >= 4 is 11.9 Å². The topological polar surface area (TPSA) is 99.2 Å². The molecule has 2 rings (SSSR count). The van der Waals surface area contributed by atoms with Crippen LogP contribution in [0, 0.1) is 5.41 Å². The third-order valence-electron chi connectivity index (χ3n) is 3.85. The van der Waals surface area contributed by atoms with E-state index in [1.807, 2.05) is 19.9 Å². The molecule has 0 aromatic carbocycles. The molecule has 7 nitrogen and oxygen atoms in total. The Morgan fingerprint density at radius 1 is 1.52 bits per heavy atom. The minimum absolute atomic E-state index is 0.206. The number of nitrogens with one attached hydrogen (secondary N) is 1. The molecule has 2 heterocycles. The molecule has 2 N–H and O–H groups in total. The highest BCUT2D eigenvalue weighted by Gasteiger charge is 2.43.